The third-order valence-corrected chi connectivity index (χ3v) is 3.05. The molecule has 0 aliphatic carbocycles. The van der Waals surface area contributed by atoms with Crippen LogP contribution < -0.4 is 4.90 Å². The molecule has 2 heterocycles. The Morgan fingerprint density at radius 3 is 3.06 bits per heavy atom. The molecule has 0 spiro atoms. The van der Waals surface area contributed by atoms with Crippen molar-refractivity contribution in [1.29, 1.82) is 0 Å². The van der Waals surface area contributed by atoms with Crippen molar-refractivity contribution in [3.05, 3.63) is 23.9 Å². The van der Waals surface area contributed by atoms with Gasteiger partial charge in [-0.1, -0.05) is 6.07 Å². The summed E-state index contributed by atoms with van der Waals surface area (Å²) in [5, 5.41) is 0. The molecular formula is C13H20N2O. The fourth-order valence-electron chi connectivity index (χ4n) is 2.17. The molecule has 1 saturated heterocycles. The monoisotopic (exact) mass is 220 g/mol. The first-order valence-electron chi connectivity index (χ1n) is 5.98. The number of aromatic nitrogens is 1. The normalized spacial score (nSPS) is 20.8. The molecule has 0 aromatic carbocycles. The zero-order chi connectivity index (χ0) is 11.4. The van der Waals surface area contributed by atoms with Crippen LogP contribution in [0, 0.1) is 12.8 Å². The van der Waals surface area contributed by atoms with Crippen LogP contribution in [-0.2, 0) is 4.74 Å². The van der Waals surface area contributed by atoms with Crippen LogP contribution >= 0.6 is 0 Å². The van der Waals surface area contributed by atoms with Gasteiger partial charge in [-0.15, -0.1) is 0 Å². The van der Waals surface area contributed by atoms with Crippen LogP contribution in [0.1, 0.15) is 18.5 Å². The topological polar surface area (TPSA) is 25.4 Å². The maximum absolute atomic E-state index is 5.50. The van der Waals surface area contributed by atoms with E-state index in [9.17, 15) is 0 Å². The lowest BCUT2D eigenvalue weighted by molar-refractivity contribution is 0.0576. The number of rotatable bonds is 3. The van der Waals surface area contributed by atoms with Crippen LogP contribution in [0.25, 0.3) is 0 Å². The lowest BCUT2D eigenvalue weighted by Gasteiger charge is -2.27. The van der Waals surface area contributed by atoms with Gasteiger partial charge in [-0.2, -0.15) is 0 Å². The summed E-state index contributed by atoms with van der Waals surface area (Å²) in [5.74, 6) is 1.71. The lowest BCUT2D eigenvalue weighted by atomic mass is 10.0. The van der Waals surface area contributed by atoms with Crippen LogP contribution in [0.15, 0.2) is 18.2 Å². The number of anilines is 1. The summed E-state index contributed by atoms with van der Waals surface area (Å²) in [4.78, 5) is 6.75. The summed E-state index contributed by atoms with van der Waals surface area (Å²) in [5.41, 5.74) is 1.07. The number of aryl methyl sites for hydroxylation is 1. The van der Waals surface area contributed by atoms with Gasteiger partial charge in [0.05, 0.1) is 6.61 Å². The molecule has 3 nitrogen and oxygen atoms in total. The second kappa shape index (κ2) is 5.30. The molecule has 88 valence electrons. The van der Waals surface area contributed by atoms with Crippen LogP contribution in [-0.4, -0.2) is 31.8 Å². The van der Waals surface area contributed by atoms with Gasteiger partial charge < -0.3 is 9.64 Å². The third-order valence-electron chi connectivity index (χ3n) is 3.05. The van der Waals surface area contributed by atoms with E-state index < -0.39 is 0 Å². The second-order valence-corrected chi connectivity index (χ2v) is 4.60. The predicted molar refractivity (Wildman–Crippen MR) is 65.8 cm³/mol. The molecule has 3 heteroatoms. The van der Waals surface area contributed by atoms with Crippen molar-refractivity contribution < 1.29 is 4.74 Å². The van der Waals surface area contributed by atoms with Gasteiger partial charge in [-0.25, -0.2) is 4.98 Å². The summed E-state index contributed by atoms with van der Waals surface area (Å²) in [6.07, 6.45) is 2.47. The highest BCUT2D eigenvalue weighted by Crippen LogP contribution is 2.17. The molecule has 0 amide bonds. The number of pyridine rings is 1. The summed E-state index contributed by atoms with van der Waals surface area (Å²) in [7, 11) is 2.11. The first-order chi connectivity index (χ1) is 7.75. The van der Waals surface area contributed by atoms with E-state index >= 15 is 0 Å². The lowest BCUT2D eigenvalue weighted by Crippen LogP contribution is -2.31. The number of nitrogens with zero attached hydrogens (tertiary/aromatic N) is 2. The maximum Gasteiger partial charge on any atom is 0.128 e. The minimum absolute atomic E-state index is 0.654. The Kier molecular flexibility index (Phi) is 3.78. The smallest absolute Gasteiger partial charge is 0.128 e. The highest BCUT2D eigenvalue weighted by atomic mass is 16.5. The number of hydrogen-bond acceptors (Lipinski definition) is 3. The quantitative estimate of drug-likeness (QED) is 0.781. The van der Waals surface area contributed by atoms with E-state index in [0.29, 0.717) is 5.92 Å². The van der Waals surface area contributed by atoms with Gasteiger partial charge in [0.2, 0.25) is 0 Å². The Bertz CT molecular complexity index is 334. The van der Waals surface area contributed by atoms with E-state index in [2.05, 4.69) is 29.1 Å². The molecule has 0 radical (unpaired) electrons. The molecule has 0 saturated carbocycles. The molecule has 1 aliphatic rings. The maximum atomic E-state index is 5.50. The molecular weight excluding hydrogens is 200 g/mol. The van der Waals surface area contributed by atoms with E-state index in [1.165, 1.54) is 12.8 Å². The molecule has 1 atom stereocenters. The summed E-state index contributed by atoms with van der Waals surface area (Å²) in [6.45, 7) is 4.90. The molecule has 0 bridgehead atoms. The van der Waals surface area contributed by atoms with Gasteiger partial charge in [0.25, 0.3) is 0 Å². The van der Waals surface area contributed by atoms with Crippen molar-refractivity contribution >= 4 is 5.82 Å². The molecule has 1 fully saturated rings. The SMILES string of the molecule is Cc1cccc(N(C)CC2CCCOC2)n1. The molecule has 1 aromatic heterocycles. The second-order valence-electron chi connectivity index (χ2n) is 4.60. The predicted octanol–water partition coefficient (Wildman–Crippen LogP) is 2.25. The van der Waals surface area contributed by atoms with Crippen LogP contribution in [0.3, 0.4) is 0 Å². The molecule has 2 rings (SSSR count). The Morgan fingerprint density at radius 1 is 1.50 bits per heavy atom. The van der Waals surface area contributed by atoms with Crippen LogP contribution in [0.5, 0.6) is 0 Å². The van der Waals surface area contributed by atoms with Crippen molar-refractivity contribution in [2.24, 2.45) is 5.92 Å². The average Bonchev–Trinajstić information content (AvgIpc) is 2.30. The van der Waals surface area contributed by atoms with E-state index in [1.807, 2.05) is 13.0 Å². The van der Waals surface area contributed by atoms with Crippen LogP contribution in [0.4, 0.5) is 5.82 Å². The minimum atomic E-state index is 0.654. The molecule has 0 N–H and O–H groups in total. The molecule has 1 aromatic rings. The minimum Gasteiger partial charge on any atom is -0.381 e. The van der Waals surface area contributed by atoms with E-state index in [-0.39, 0.29) is 0 Å². The van der Waals surface area contributed by atoms with Gasteiger partial charge in [-0.05, 0) is 37.8 Å². The van der Waals surface area contributed by atoms with Gasteiger partial charge >= 0.3 is 0 Å². The van der Waals surface area contributed by atoms with Gasteiger partial charge in [0.15, 0.2) is 0 Å². The van der Waals surface area contributed by atoms with E-state index in [0.717, 1.165) is 31.3 Å². The van der Waals surface area contributed by atoms with Crippen molar-refractivity contribution in [3.8, 4) is 0 Å². The van der Waals surface area contributed by atoms with E-state index in [1.54, 1.807) is 0 Å². The van der Waals surface area contributed by atoms with Crippen molar-refractivity contribution in [3.63, 3.8) is 0 Å². The number of hydrogen-bond donors (Lipinski definition) is 0. The molecule has 16 heavy (non-hydrogen) atoms. The van der Waals surface area contributed by atoms with Gasteiger partial charge in [-0.3, -0.25) is 0 Å². The molecule has 1 unspecified atom stereocenters. The Morgan fingerprint density at radius 2 is 2.38 bits per heavy atom. The zero-order valence-corrected chi connectivity index (χ0v) is 10.1. The largest absolute Gasteiger partial charge is 0.381 e. The van der Waals surface area contributed by atoms with Crippen LogP contribution in [0.2, 0.25) is 0 Å². The summed E-state index contributed by atoms with van der Waals surface area (Å²) in [6, 6.07) is 6.16. The molecule has 1 aliphatic heterocycles. The highest BCUT2D eigenvalue weighted by molar-refractivity contribution is 5.38. The fraction of sp³-hybridized carbons (Fsp3) is 0.615. The summed E-state index contributed by atoms with van der Waals surface area (Å²) >= 11 is 0. The average molecular weight is 220 g/mol. The van der Waals surface area contributed by atoms with Crippen molar-refractivity contribution in [1.82, 2.24) is 4.98 Å². The standard InChI is InChI=1S/C13H20N2O/c1-11-5-3-7-13(14-11)15(2)9-12-6-4-8-16-10-12/h3,5,7,12H,4,6,8-10H2,1-2H3. The van der Waals surface area contributed by atoms with Gasteiger partial charge in [0.1, 0.15) is 5.82 Å². The first-order valence-corrected chi connectivity index (χ1v) is 5.98. The van der Waals surface area contributed by atoms with Gasteiger partial charge in [0, 0.05) is 25.9 Å². The van der Waals surface area contributed by atoms with E-state index in [4.69, 9.17) is 4.74 Å². The summed E-state index contributed by atoms with van der Waals surface area (Å²) < 4.78 is 5.50. The Hall–Kier alpha value is -1.09. The first kappa shape index (κ1) is 11.4. The van der Waals surface area contributed by atoms with Crippen molar-refractivity contribution in [2.45, 2.75) is 19.8 Å². The highest BCUT2D eigenvalue weighted by Gasteiger charge is 2.16. The third kappa shape index (κ3) is 2.95. The Labute approximate surface area is 97.4 Å². The fourth-order valence-corrected chi connectivity index (χ4v) is 2.17. The number of ether oxygens (including phenoxy) is 1. The van der Waals surface area contributed by atoms with Crippen molar-refractivity contribution in [2.75, 3.05) is 31.7 Å². The Balaban J connectivity index is 1.94. The zero-order valence-electron chi connectivity index (χ0n) is 10.1.